The van der Waals surface area contributed by atoms with Gasteiger partial charge in [-0.15, -0.1) is 0 Å². The zero-order valence-corrected chi connectivity index (χ0v) is 19.1. The highest BCUT2D eigenvalue weighted by Crippen LogP contribution is 2.41. The first-order chi connectivity index (χ1) is 14.6. The molecule has 4 atom stereocenters. The lowest BCUT2D eigenvalue weighted by Gasteiger charge is -2.31. The van der Waals surface area contributed by atoms with Gasteiger partial charge in [0.2, 0.25) is 27.8 Å². The van der Waals surface area contributed by atoms with Gasteiger partial charge < -0.3 is 9.64 Å². The molecule has 0 aromatic rings. The summed E-state index contributed by atoms with van der Waals surface area (Å²) in [6.07, 6.45) is 4.99. The highest BCUT2D eigenvalue weighted by molar-refractivity contribution is 7.88. The van der Waals surface area contributed by atoms with E-state index in [-0.39, 0.29) is 11.7 Å². The average Bonchev–Trinajstić information content (AvgIpc) is 3.33. The molecule has 1 unspecified atom stereocenters. The van der Waals surface area contributed by atoms with Crippen LogP contribution in [0.3, 0.4) is 0 Å². The molecule has 3 saturated heterocycles. The maximum absolute atomic E-state index is 13.3. The number of amides is 2. The lowest BCUT2D eigenvalue weighted by Crippen LogP contribution is -2.49. The summed E-state index contributed by atoms with van der Waals surface area (Å²) in [4.78, 5) is 42.6. The number of hydrogen-bond acceptors (Lipinski definition) is 7. The number of nitrogens with zero attached hydrogens (tertiary/aromatic N) is 3. The minimum absolute atomic E-state index is 0.145. The van der Waals surface area contributed by atoms with E-state index < -0.39 is 45.9 Å². The fraction of sp³-hybridized carbons (Fsp3) is 0.762. The lowest BCUT2D eigenvalue weighted by atomic mass is 9.88. The molecule has 0 saturated carbocycles. The Kier molecular flexibility index (Phi) is 5.89. The van der Waals surface area contributed by atoms with Crippen LogP contribution in [0.5, 0.6) is 0 Å². The van der Waals surface area contributed by atoms with Crippen molar-refractivity contribution < 1.29 is 27.5 Å². The maximum atomic E-state index is 13.3. The second kappa shape index (κ2) is 8.20. The second-order valence-corrected chi connectivity index (χ2v) is 11.3. The van der Waals surface area contributed by atoms with Crippen LogP contribution in [0.4, 0.5) is 0 Å². The molecule has 4 aliphatic heterocycles. The van der Waals surface area contributed by atoms with Crippen LogP contribution in [0.25, 0.3) is 0 Å². The van der Waals surface area contributed by atoms with Crippen LogP contribution in [0, 0.1) is 11.8 Å². The molecule has 0 radical (unpaired) electrons. The standard InChI is InChI=1S/C21H31N3O6S/c1-13(2)17-18-15(24(20(17)26)31(3,28)29)7-10-23(18)21(27)19-16(25)11-14(30-19)12-22-8-5-4-6-9-22/h11,13,15,17-19H,4-10,12H2,1-3H3/t15-,17+,18-,19?/m0/s1. The first kappa shape index (κ1) is 22.3. The number of rotatable bonds is 5. The number of sulfonamides is 1. The Morgan fingerprint density at radius 3 is 2.45 bits per heavy atom. The van der Waals surface area contributed by atoms with E-state index in [4.69, 9.17) is 4.74 Å². The zero-order valence-electron chi connectivity index (χ0n) is 18.3. The highest BCUT2D eigenvalue weighted by Gasteiger charge is 2.59. The van der Waals surface area contributed by atoms with Gasteiger partial charge in [0, 0.05) is 12.6 Å². The van der Waals surface area contributed by atoms with Crippen LogP contribution in [-0.2, 0) is 29.1 Å². The number of piperidine rings is 1. The van der Waals surface area contributed by atoms with Crippen molar-refractivity contribution in [1.82, 2.24) is 14.1 Å². The summed E-state index contributed by atoms with van der Waals surface area (Å²) in [5, 5.41) is 0. The molecule has 2 amide bonds. The van der Waals surface area contributed by atoms with E-state index in [1.807, 2.05) is 13.8 Å². The number of hydrogen-bond donors (Lipinski definition) is 0. The summed E-state index contributed by atoms with van der Waals surface area (Å²) in [7, 11) is -3.74. The van der Waals surface area contributed by atoms with Gasteiger partial charge in [0.15, 0.2) is 0 Å². The number of fused-ring (bicyclic) bond motifs is 1. The third-order valence-corrected chi connectivity index (χ3v) is 8.00. The molecule has 0 aliphatic carbocycles. The zero-order chi connectivity index (χ0) is 22.5. The number of likely N-dealkylation sites (tertiary alicyclic amines) is 2. The quantitative estimate of drug-likeness (QED) is 0.554. The van der Waals surface area contributed by atoms with Crippen molar-refractivity contribution in [2.45, 2.75) is 57.7 Å². The van der Waals surface area contributed by atoms with Gasteiger partial charge in [-0.1, -0.05) is 20.3 Å². The van der Waals surface area contributed by atoms with Crippen molar-refractivity contribution >= 4 is 27.6 Å². The van der Waals surface area contributed by atoms with E-state index >= 15 is 0 Å². The van der Waals surface area contributed by atoms with Gasteiger partial charge in [-0.05, 0) is 38.3 Å². The van der Waals surface area contributed by atoms with Gasteiger partial charge >= 0.3 is 0 Å². The number of ether oxygens (including phenoxy) is 1. The van der Waals surface area contributed by atoms with Gasteiger partial charge in [0.25, 0.3) is 5.91 Å². The molecule has 4 aliphatic rings. The van der Waals surface area contributed by atoms with E-state index in [1.54, 1.807) is 0 Å². The molecule has 0 bridgehead atoms. The maximum Gasteiger partial charge on any atom is 0.272 e. The summed E-state index contributed by atoms with van der Waals surface area (Å²) >= 11 is 0. The number of carbonyl (C=O) groups is 3. The molecule has 4 rings (SSSR count). The predicted molar refractivity (Wildman–Crippen MR) is 112 cm³/mol. The summed E-state index contributed by atoms with van der Waals surface area (Å²) in [5.74, 6) is -1.59. The normalized spacial score (nSPS) is 31.9. The number of carbonyl (C=O) groups excluding carboxylic acids is 3. The first-order valence-corrected chi connectivity index (χ1v) is 12.9. The summed E-state index contributed by atoms with van der Waals surface area (Å²) in [6.45, 7) is 6.40. The van der Waals surface area contributed by atoms with Gasteiger partial charge in [0.05, 0.1) is 30.8 Å². The molecule has 4 heterocycles. The third kappa shape index (κ3) is 4.00. The smallest absolute Gasteiger partial charge is 0.272 e. The largest absolute Gasteiger partial charge is 0.475 e. The molecule has 0 aromatic carbocycles. The fourth-order valence-corrected chi connectivity index (χ4v) is 6.68. The van der Waals surface area contributed by atoms with Gasteiger partial charge in [0.1, 0.15) is 5.76 Å². The molecule has 3 fully saturated rings. The Morgan fingerprint density at radius 1 is 1.16 bits per heavy atom. The van der Waals surface area contributed by atoms with E-state index in [1.165, 1.54) is 17.4 Å². The topological polar surface area (TPSA) is 104 Å². The third-order valence-electron chi connectivity index (χ3n) is 6.83. The molecule has 0 spiro atoms. The van der Waals surface area contributed by atoms with Gasteiger partial charge in [-0.3, -0.25) is 19.3 Å². The summed E-state index contributed by atoms with van der Waals surface area (Å²) < 4.78 is 31.3. The Hall–Kier alpha value is -1.94. The molecule has 9 nitrogen and oxygen atoms in total. The number of ketones is 1. The molecule has 10 heteroatoms. The van der Waals surface area contributed by atoms with E-state index in [2.05, 4.69) is 4.90 Å². The Morgan fingerprint density at radius 2 is 1.84 bits per heavy atom. The van der Waals surface area contributed by atoms with Crippen LogP contribution in [-0.4, -0.2) is 90.7 Å². The molecule has 31 heavy (non-hydrogen) atoms. The van der Waals surface area contributed by atoms with Crippen LogP contribution >= 0.6 is 0 Å². The average molecular weight is 454 g/mol. The van der Waals surface area contributed by atoms with E-state index in [0.717, 1.165) is 36.5 Å². The van der Waals surface area contributed by atoms with Crippen LogP contribution < -0.4 is 0 Å². The molecule has 172 valence electrons. The van der Waals surface area contributed by atoms with Crippen molar-refractivity contribution in [3.8, 4) is 0 Å². The van der Waals surface area contributed by atoms with Crippen molar-refractivity contribution in [2.75, 3.05) is 32.4 Å². The highest BCUT2D eigenvalue weighted by atomic mass is 32.2. The van der Waals surface area contributed by atoms with E-state index in [9.17, 15) is 22.8 Å². The summed E-state index contributed by atoms with van der Waals surface area (Å²) in [6, 6.07) is -1.16. The van der Waals surface area contributed by atoms with Crippen LogP contribution in [0.2, 0.25) is 0 Å². The van der Waals surface area contributed by atoms with Crippen LogP contribution in [0.15, 0.2) is 11.8 Å². The summed E-state index contributed by atoms with van der Waals surface area (Å²) in [5.41, 5.74) is 0. The SMILES string of the molecule is CC(C)[C@H]1C(=O)N(S(C)(=O)=O)[C@H]2CCN(C(=O)C3OC(CN4CCCCC4)=CC3=O)[C@H]12. The molecule has 0 N–H and O–H groups in total. The lowest BCUT2D eigenvalue weighted by molar-refractivity contribution is -0.146. The minimum atomic E-state index is -3.74. The minimum Gasteiger partial charge on any atom is -0.475 e. The fourth-order valence-electron chi connectivity index (χ4n) is 5.51. The predicted octanol–water partition coefficient (Wildman–Crippen LogP) is 0.368. The van der Waals surface area contributed by atoms with Gasteiger partial charge in [-0.25, -0.2) is 12.7 Å². The Bertz CT molecular complexity index is 908. The molecular formula is C21H31N3O6S. The Labute approximate surface area is 183 Å². The van der Waals surface area contributed by atoms with Crippen molar-refractivity contribution in [3.63, 3.8) is 0 Å². The monoisotopic (exact) mass is 453 g/mol. The molecular weight excluding hydrogens is 422 g/mol. The van der Waals surface area contributed by atoms with Crippen LogP contribution in [0.1, 0.15) is 39.5 Å². The van der Waals surface area contributed by atoms with E-state index in [0.29, 0.717) is 25.3 Å². The Balaban J connectivity index is 1.50. The van der Waals surface area contributed by atoms with Crippen molar-refractivity contribution in [2.24, 2.45) is 11.8 Å². The van der Waals surface area contributed by atoms with Gasteiger partial charge in [-0.2, -0.15) is 0 Å². The first-order valence-electron chi connectivity index (χ1n) is 11.1. The second-order valence-electron chi connectivity index (χ2n) is 9.39. The van der Waals surface area contributed by atoms with Crippen molar-refractivity contribution in [3.05, 3.63) is 11.8 Å². The van der Waals surface area contributed by atoms with Crippen molar-refractivity contribution in [1.29, 1.82) is 0 Å². The molecule has 0 aromatic heterocycles.